The zero-order valence-corrected chi connectivity index (χ0v) is 16.0. The molecule has 1 amide bonds. The Morgan fingerprint density at radius 2 is 2.15 bits per heavy atom. The summed E-state index contributed by atoms with van der Waals surface area (Å²) in [7, 11) is 1.26. The van der Waals surface area contributed by atoms with Crippen LogP contribution in [0.4, 0.5) is 0 Å². The molecule has 3 rings (SSSR count). The van der Waals surface area contributed by atoms with E-state index in [4.69, 9.17) is 4.74 Å². The van der Waals surface area contributed by atoms with Gasteiger partial charge in [0.25, 0.3) is 0 Å². The van der Waals surface area contributed by atoms with E-state index in [0.717, 1.165) is 36.6 Å². The Labute approximate surface area is 160 Å². The number of thioether (sulfide) groups is 1. The van der Waals surface area contributed by atoms with Gasteiger partial charge in [-0.1, -0.05) is 36.0 Å². The Morgan fingerprint density at radius 1 is 1.37 bits per heavy atom. The lowest BCUT2D eigenvalue weighted by molar-refractivity contribution is -0.119. The van der Waals surface area contributed by atoms with Gasteiger partial charge in [0, 0.05) is 5.69 Å². The van der Waals surface area contributed by atoms with Crippen LogP contribution < -0.4 is 11.0 Å². The fourth-order valence-electron chi connectivity index (χ4n) is 3.28. The molecule has 0 unspecified atom stereocenters. The van der Waals surface area contributed by atoms with Gasteiger partial charge < -0.3 is 15.0 Å². The van der Waals surface area contributed by atoms with Gasteiger partial charge in [0.2, 0.25) is 5.91 Å². The van der Waals surface area contributed by atoms with Crippen LogP contribution in [-0.4, -0.2) is 34.7 Å². The average Bonchev–Trinajstić information content (AvgIpc) is 2.65. The minimum Gasteiger partial charge on any atom is -0.465 e. The number of benzene rings is 1. The lowest BCUT2D eigenvalue weighted by Gasteiger charge is -2.26. The largest absolute Gasteiger partial charge is 0.465 e. The molecular formula is C19H21N3O4S. The molecule has 1 aromatic heterocycles. The number of hydrogen-bond donors (Lipinski definition) is 2. The molecule has 0 aliphatic heterocycles. The highest BCUT2D eigenvalue weighted by Gasteiger charge is 2.23. The van der Waals surface area contributed by atoms with Crippen LogP contribution in [0.1, 0.15) is 46.1 Å². The van der Waals surface area contributed by atoms with Crippen molar-refractivity contribution in [2.24, 2.45) is 0 Å². The van der Waals surface area contributed by atoms with Crippen LogP contribution in [-0.2, 0) is 16.0 Å². The molecule has 8 heteroatoms. The summed E-state index contributed by atoms with van der Waals surface area (Å²) in [6.45, 7) is 1.60. The quantitative estimate of drug-likeness (QED) is 0.463. The first kappa shape index (κ1) is 19.2. The number of methoxy groups -OCH3 is 1. The summed E-state index contributed by atoms with van der Waals surface area (Å²) in [4.78, 5) is 42.4. The molecule has 1 heterocycles. The van der Waals surface area contributed by atoms with Gasteiger partial charge in [-0.3, -0.25) is 4.79 Å². The Kier molecular flexibility index (Phi) is 5.95. The number of hydrogen-bond acceptors (Lipinski definition) is 6. The van der Waals surface area contributed by atoms with Crippen LogP contribution in [0.5, 0.6) is 0 Å². The molecule has 1 aliphatic rings. The molecule has 0 fully saturated rings. The van der Waals surface area contributed by atoms with Crippen molar-refractivity contribution in [2.75, 3.05) is 12.9 Å². The van der Waals surface area contributed by atoms with Gasteiger partial charge in [-0.25, -0.2) is 9.59 Å². The smallest absolute Gasteiger partial charge is 0.346 e. The second-order valence-corrected chi connectivity index (χ2v) is 7.30. The summed E-state index contributed by atoms with van der Waals surface area (Å²) in [5.41, 5.74) is 2.40. The first-order valence-electron chi connectivity index (χ1n) is 8.68. The highest BCUT2D eigenvalue weighted by atomic mass is 32.2. The van der Waals surface area contributed by atoms with Gasteiger partial charge in [-0.15, -0.1) is 0 Å². The lowest BCUT2D eigenvalue weighted by atomic mass is 9.88. The molecule has 7 nitrogen and oxygen atoms in total. The summed E-state index contributed by atoms with van der Waals surface area (Å²) in [5, 5.41) is 3.24. The highest BCUT2D eigenvalue weighted by Crippen LogP contribution is 2.29. The van der Waals surface area contributed by atoms with Crippen molar-refractivity contribution in [3.63, 3.8) is 0 Å². The molecule has 0 saturated carbocycles. The number of rotatable bonds is 5. The number of ether oxygens (including phenoxy) is 1. The first-order valence-corrected chi connectivity index (χ1v) is 9.67. The molecule has 1 aliphatic carbocycles. The van der Waals surface area contributed by atoms with Crippen molar-refractivity contribution >= 4 is 23.6 Å². The highest BCUT2D eigenvalue weighted by molar-refractivity contribution is 8.00. The van der Waals surface area contributed by atoms with Crippen LogP contribution in [0, 0.1) is 6.92 Å². The normalized spacial score (nSPS) is 15.7. The number of nitrogens with one attached hydrogen (secondary N) is 2. The third-order valence-electron chi connectivity index (χ3n) is 4.52. The van der Waals surface area contributed by atoms with E-state index in [1.165, 1.54) is 12.7 Å². The second-order valence-electron chi connectivity index (χ2n) is 6.34. The number of aromatic amines is 1. The number of esters is 1. The van der Waals surface area contributed by atoms with E-state index >= 15 is 0 Å². The molecule has 2 N–H and O–H groups in total. The number of aromatic nitrogens is 2. The fraction of sp³-hybridized carbons (Fsp3) is 0.368. The summed E-state index contributed by atoms with van der Waals surface area (Å²) in [6.07, 6.45) is 2.94. The monoisotopic (exact) mass is 387 g/mol. The SMILES string of the molecule is COC(=O)c1c(SCC(=O)N[C@@H]2CCCc3ccccc32)nc(=O)[nH]c1C. The van der Waals surface area contributed by atoms with E-state index in [9.17, 15) is 14.4 Å². The Hall–Kier alpha value is -2.61. The third-order valence-corrected chi connectivity index (χ3v) is 5.50. The van der Waals surface area contributed by atoms with Gasteiger partial charge in [0.1, 0.15) is 10.6 Å². The van der Waals surface area contributed by atoms with E-state index in [1.807, 2.05) is 18.2 Å². The van der Waals surface area contributed by atoms with Crippen molar-refractivity contribution in [3.8, 4) is 0 Å². The summed E-state index contributed by atoms with van der Waals surface area (Å²) in [6, 6.07) is 8.10. The molecule has 142 valence electrons. The number of nitrogens with zero attached hydrogens (tertiary/aromatic N) is 1. The van der Waals surface area contributed by atoms with Crippen molar-refractivity contribution in [1.29, 1.82) is 0 Å². The van der Waals surface area contributed by atoms with Crippen LogP contribution in [0.25, 0.3) is 0 Å². The van der Waals surface area contributed by atoms with E-state index in [1.54, 1.807) is 6.92 Å². The van der Waals surface area contributed by atoms with Crippen LogP contribution in [0.2, 0.25) is 0 Å². The molecule has 2 aromatic rings. The van der Waals surface area contributed by atoms with Gasteiger partial charge >= 0.3 is 11.7 Å². The predicted molar refractivity (Wildman–Crippen MR) is 102 cm³/mol. The van der Waals surface area contributed by atoms with Crippen molar-refractivity contribution in [2.45, 2.75) is 37.3 Å². The molecule has 1 aromatic carbocycles. The average molecular weight is 387 g/mol. The van der Waals surface area contributed by atoms with Gasteiger partial charge in [-0.2, -0.15) is 4.98 Å². The topological polar surface area (TPSA) is 101 Å². The first-order chi connectivity index (χ1) is 13.0. The Bertz CT molecular complexity index is 925. The molecule has 0 spiro atoms. The zero-order chi connectivity index (χ0) is 19.4. The van der Waals surface area contributed by atoms with Gasteiger partial charge in [0.05, 0.1) is 18.9 Å². The third kappa shape index (κ3) is 4.39. The molecule has 0 saturated heterocycles. The van der Waals surface area contributed by atoms with Crippen LogP contribution in [0.15, 0.2) is 34.1 Å². The minimum absolute atomic E-state index is 0.0167. The van der Waals surface area contributed by atoms with Crippen molar-refractivity contribution in [3.05, 3.63) is 57.1 Å². The Morgan fingerprint density at radius 3 is 2.93 bits per heavy atom. The van der Waals surface area contributed by atoms with Crippen molar-refractivity contribution < 1.29 is 14.3 Å². The van der Waals surface area contributed by atoms with Crippen LogP contribution in [0.3, 0.4) is 0 Å². The number of carbonyl (C=O) groups is 2. The minimum atomic E-state index is -0.597. The summed E-state index contributed by atoms with van der Waals surface area (Å²) < 4.78 is 4.75. The summed E-state index contributed by atoms with van der Waals surface area (Å²) >= 11 is 1.05. The standard InChI is InChI=1S/C19H21N3O4S/c1-11-16(18(24)26-2)17(22-19(25)20-11)27-10-15(23)21-14-9-5-7-12-6-3-4-8-13(12)14/h3-4,6,8,14H,5,7,9-10H2,1-2H3,(H,21,23)(H,20,22,25)/t14-/m1/s1. The number of amides is 1. The molecule has 0 bridgehead atoms. The Balaban J connectivity index is 1.70. The van der Waals surface area contributed by atoms with Crippen molar-refractivity contribution in [1.82, 2.24) is 15.3 Å². The second kappa shape index (κ2) is 8.39. The number of H-pyrrole nitrogens is 1. The van der Waals surface area contributed by atoms with Gasteiger partial charge in [-0.05, 0) is 37.3 Å². The number of aryl methyl sites for hydroxylation is 2. The maximum Gasteiger partial charge on any atom is 0.346 e. The van der Waals surface area contributed by atoms with E-state index in [0.29, 0.717) is 5.69 Å². The van der Waals surface area contributed by atoms with E-state index < -0.39 is 11.7 Å². The fourth-order valence-corrected chi connectivity index (χ4v) is 4.16. The molecule has 27 heavy (non-hydrogen) atoms. The molecular weight excluding hydrogens is 366 g/mol. The zero-order valence-electron chi connectivity index (χ0n) is 15.2. The number of fused-ring (bicyclic) bond motifs is 1. The number of carbonyl (C=O) groups excluding carboxylic acids is 2. The maximum atomic E-state index is 12.5. The van der Waals surface area contributed by atoms with Gasteiger partial charge in [0.15, 0.2) is 0 Å². The van der Waals surface area contributed by atoms with E-state index in [-0.39, 0.29) is 28.3 Å². The summed E-state index contributed by atoms with van der Waals surface area (Å²) in [5.74, 6) is -0.712. The predicted octanol–water partition coefficient (Wildman–Crippen LogP) is 2.15. The molecule has 0 radical (unpaired) electrons. The molecule has 1 atom stereocenters. The van der Waals surface area contributed by atoms with E-state index in [2.05, 4.69) is 21.4 Å². The maximum absolute atomic E-state index is 12.5. The van der Waals surface area contributed by atoms with Crippen LogP contribution >= 0.6 is 11.8 Å². The lowest BCUT2D eigenvalue weighted by Crippen LogP contribution is -2.32.